The molecule has 6 heteroatoms. The first-order valence-electron chi connectivity index (χ1n) is 7.46. The fourth-order valence-corrected chi connectivity index (χ4v) is 2.92. The molecular weight excluding hydrogens is 294 g/mol. The summed E-state index contributed by atoms with van der Waals surface area (Å²) in [5.41, 5.74) is 2.95. The Kier molecular flexibility index (Phi) is 3.92. The molecule has 1 aliphatic heterocycles. The summed E-state index contributed by atoms with van der Waals surface area (Å²) in [6, 6.07) is 4.62. The van der Waals surface area contributed by atoms with Crippen LogP contribution in [0.3, 0.4) is 0 Å². The number of allylic oxidation sites excluding steroid dienone is 1. The maximum Gasteiger partial charge on any atom is 0.310 e. The summed E-state index contributed by atoms with van der Waals surface area (Å²) in [7, 11) is 4.04. The molecular formula is C17H19N3O3. The summed E-state index contributed by atoms with van der Waals surface area (Å²) < 4.78 is 0. The molecule has 2 aliphatic rings. The summed E-state index contributed by atoms with van der Waals surface area (Å²) in [4.78, 5) is 12.3. The molecule has 3 rings (SSSR count). The van der Waals surface area contributed by atoms with Gasteiger partial charge < -0.3 is 10.0 Å². The SMILES string of the molecule is CN(C)C1=CCC2NC(c3ccc([N+](=O)[O-])c(O)c3)C=CC2=C1. The second kappa shape index (κ2) is 5.89. The lowest BCUT2D eigenvalue weighted by atomic mass is 9.90. The van der Waals surface area contributed by atoms with Gasteiger partial charge in [-0.05, 0) is 29.7 Å². The molecule has 1 aliphatic carbocycles. The molecule has 2 atom stereocenters. The molecule has 1 heterocycles. The third kappa shape index (κ3) is 2.98. The number of benzene rings is 1. The minimum atomic E-state index is -0.585. The predicted molar refractivity (Wildman–Crippen MR) is 88.0 cm³/mol. The molecule has 23 heavy (non-hydrogen) atoms. The van der Waals surface area contributed by atoms with Gasteiger partial charge in [-0.15, -0.1) is 0 Å². The number of fused-ring (bicyclic) bond motifs is 1. The zero-order valence-corrected chi connectivity index (χ0v) is 13.1. The van der Waals surface area contributed by atoms with Crippen molar-refractivity contribution < 1.29 is 10.0 Å². The molecule has 0 fully saturated rings. The van der Waals surface area contributed by atoms with E-state index in [1.165, 1.54) is 23.4 Å². The quantitative estimate of drug-likeness (QED) is 0.662. The Morgan fingerprint density at radius 1 is 1.39 bits per heavy atom. The summed E-state index contributed by atoms with van der Waals surface area (Å²) in [6.45, 7) is 0. The average Bonchev–Trinajstić information content (AvgIpc) is 2.53. The van der Waals surface area contributed by atoms with Gasteiger partial charge in [0.25, 0.3) is 0 Å². The minimum Gasteiger partial charge on any atom is -0.502 e. The van der Waals surface area contributed by atoms with E-state index in [0.29, 0.717) is 0 Å². The van der Waals surface area contributed by atoms with Crippen molar-refractivity contribution in [1.29, 1.82) is 0 Å². The van der Waals surface area contributed by atoms with Crippen LogP contribution in [0, 0.1) is 10.1 Å². The molecule has 1 aromatic rings. The largest absolute Gasteiger partial charge is 0.502 e. The van der Waals surface area contributed by atoms with Gasteiger partial charge in [-0.25, -0.2) is 0 Å². The topological polar surface area (TPSA) is 78.6 Å². The van der Waals surface area contributed by atoms with E-state index in [2.05, 4.69) is 28.4 Å². The van der Waals surface area contributed by atoms with Crippen LogP contribution in [0.25, 0.3) is 0 Å². The molecule has 0 aromatic heterocycles. The number of nitro benzene ring substituents is 1. The highest BCUT2D eigenvalue weighted by molar-refractivity contribution is 5.50. The standard InChI is InChI=1S/C17H19N3O3/c1-19(2)13-5-7-15-11(9-13)3-6-14(18-15)12-4-8-16(20(22)23)17(21)10-12/h3-6,8-10,14-15,18,21H,7H2,1-2H3. The number of phenols is 1. The normalized spacial score (nSPS) is 22.9. The number of likely N-dealkylation sites (N-methyl/N-ethyl adjacent to an activating group) is 1. The Hall–Kier alpha value is -2.60. The van der Waals surface area contributed by atoms with Gasteiger partial charge in [0.15, 0.2) is 5.75 Å². The Morgan fingerprint density at radius 3 is 2.83 bits per heavy atom. The van der Waals surface area contributed by atoms with Gasteiger partial charge in [-0.3, -0.25) is 15.4 Å². The van der Waals surface area contributed by atoms with Gasteiger partial charge in [-0.1, -0.05) is 24.3 Å². The first-order valence-corrected chi connectivity index (χ1v) is 7.46. The van der Waals surface area contributed by atoms with E-state index in [1.807, 2.05) is 20.2 Å². The average molecular weight is 313 g/mol. The fourth-order valence-electron chi connectivity index (χ4n) is 2.92. The number of phenolic OH excluding ortho intramolecular Hbond substituents is 1. The van der Waals surface area contributed by atoms with Crippen molar-refractivity contribution in [3.63, 3.8) is 0 Å². The number of hydrogen-bond donors (Lipinski definition) is 2. The molecule has 120 valence electrons. The number of hydrogen-bond acceptors (Lipinski definition) is 5. The number of nitrogens with zero attached hydrogens (tertiary/aromatic N) is 2. The first kappa shape index (κ1) is 15.3. The highest BCUT2D eigenvalue weighted by atomic mass is 16.6. The third-order valence-corrected chi connectivity index (χ3v) is 4.21. The number of aromatic hydroxyl groups is 1. The zero-order valence-electron chi connectivity index (χ0n) is 13.1. The summed E-state index contributed by atoms with van der Waals surface area (Å²) in [6.07, 6.45) is 9.33. The van der Waals surface area contributed by atoms with Crippen LogP contribution in [0.5, 0.6) is 5.75 Å². The predicted octanol–water partition coefficient (Wildman–Crippen LogP) is 2.65. The Labute approximate surface area is 134 Å². The fraction of sp³-hybridized carbons (Fsp3) is 0.294. The van der Waals surface area contributed by atoms with Crippen molar-refractivity contribution in [3.05, 3.63) is 69.5 Å². The zero-order chi connectivity index (χ0) is 16.6. The summed E-state index contributed by atoms with van der Waals surface area (Å²) >= 11 is 0. The number of rotatable bonds is 3. The van der Waals surface area contributed by atoms with Gasteiger partial charge in [0.2, 0.25) is 0 Å². The molecule has 0 saturated carbocycles. The molecule has 0 bridgehead atoms. The number of nitro groups is 1. The van der Waals surface area contributed by atoms with E-state index in [-0.39, 0.29) is 23.5 Å². The highest BCUT2D eigenvalue weighted by Crippen LogP contribution is 2.33. The molecule has 2 N–H and O–H groups in total. The Bertz CT molecular complexity index is 735. The van der Waals surface area contributed by atoms with Crippen LogP contribution < -0.4 is 5.32 Å². The van der Waals surface area contributed by atoms with Crippen molar-refractivity contribution in [2.24, 2.45) is 0 Å². The summed E-state index contributed by atoms with van der Waals surface area (Å²) in [5, 5.41) is 24.1. The molecule has 2 unspecified atom stereocenters. The monoisotopic (exact) mass is 313 g/mol. The molecule has 0 saturated heterocycles. The van der Waals surface area contributed by atoms with E-state index in [1.54, 1.807) is 6.07 Å². The van der Waals surface area contributed by atoms with Crippen LogP contribution in [-0.2, 0) is 0 Å². The van der Waals surface area contributed by atoms with Crippen LogP contribution in [0.2, 0.25) is 0 Å². The van der Waals surface area contributed by atoms with E-state index >= 15 is 0 Å². The molecule has 6 nitrogen and oxygen atoms in total. The van der Waals surface area contributed by atoms with Gasteiger partial charge in [0, 0.05) is 31.9 Å². The molecule has 0 radical (unpaired) electrons. The lowest BCUT2D eigenvalue weighted by Gasteiger charge is -2.32. The van der Waals surface area contributed by atoms with Crippen molar-refractivity contribution in [1.82, 2.24) is 10.2 Å². The maximum absolute atomic E-state index is 10.8. The van der Waals surface area contributed by atoms with Crippen LogP contribution in [0.4, 0.5) is 5.69 Å². The molecule has 0 amide bonds. The van der Waals surface area contributed by atoms with E-state index < -0.39 is 4.92 Å². The van der Waals surface area contributed by atoms with Crippen molar-refractivity contribution in [3.8, 4) is 5.75 Å². The third-order valence-electron chi connectivity index (χ3n) is 4.21. The maximum atomic E-state index is 10.8. The molecule has 0 spiro atoms. The van der Waals surface area contributed by atoms with Crippen molar-refractivity contribution >= 4 is 5.69 Å². The van der Waals surface area contributed by atoms with E-state index in [9.17, 15) is 15.2 Å². The Balaban J connectivity index is 1.83. The van der Waals surface area contributed by atoms with Crippen LogP contribution in [0.1, 0.15) is 18.0 Å². The van der Waals surface area contributed by atoms with Gasteiger partial charge >= 0.3 is 5.69 Å². The van der Waals surface area contributed by atoms with Crippen LogP contribution in [-0.4, -0.2) is 35.1 Å². The Morgan fingerprint density at radius 2 is 2.17 bits per heavy atom. The van der Waals surface area contributed by atoms with Crippen LogP contribution >= 0.6 is 0 Å². The van der Waals surface area contributed by atoms with E-state index in [0.717, 1.165) is 12.0 Å². The van der Waals surface area contributed by atoms with Crippen molar-refractivity contribution in [2.75, 3.05) is 14.1 Å². The van der Waals surface area contributed by atoms with E-state index in [4.69, 9.17) is 0 Å². The number of nitrogens with one attached hydrogen (secondary N) is 1. The smallest absolute Gasteiger partial charge is 0.310 e. The summed E-state index contributed by atoms with van der Waals surface area (Å²) in [5.74, 6) is -0.303. The van der Waals surface area contributed by atoms with Gasteiger partial charge in [-0.2, -0.15) is 0 Å². The lowest BCUT2D eigenvalue weighted by molar-refractivity contribution is -0.385. The van der Waals surface area contributed by atoms with Gasteiger partial charge in [0.1, 0.15) is 0 Å². The molecule has 1 aromatic carbocycles. The highest BCUT2D eigenvalue weighted by Gasteiger charge is 2.25. The lowest BCUT2D eigenvalue weighted by Crippen LogP contribution is -2.37. The minimum absolute atomic E-state index is 0.0711. The van der Waals surface area contributed by atoms with Crippen molar-refractivity contribution in [2.45, 2.75) is 18.5 Å². The first-order chi connectivity index (χ1) is 11.0. The second-order valence-corrected chi connectivity index (χ2v) is 5.96. The second-order valence-electron chi connectivity index (χ2n) is 5.96. The van der Waals surface area contributed by atoms with Crippen LogP contribution in [0.15, 0.2) is 53.8 Å². The van der Waals surface area contributed by atoms with Gasteiger partial charge in [0.05, 0.1) is 11.0 Å².